The summed E-state index contributed by atoms with van der Waals surface area (Å²) in [6, 6.07) is 5.62. The van der Waals surface area contributed by atoms with Crippen LogP contribution in [0.2, 0.25) is 0 Å². The first kappa shape index (κ1) is 16.4. The molecule has 1 fully saturated rings. The first-order valence-electron chi connectivity index (χ1n) is 8.19. The Kier molecular flexibility index (Phi) is 4.51. The lowest BCUT2D eigenvalue weighted by atomic mass is 9.95. The van der Waals surface area contributed by atoms with Crippen LogP contribution in [0.1, 0.15) is 41.9 Å². The Morgan fingerprint density at radius 1 is 1.25 bits per heavy atom. The molecule has 0 saturated carbocycles. The number of carbonyl (C=O) groups is 1. The number of rotatable bonds is 3. The second kappa shape index (κ2) is 6.59. The van der Waals surface area contributed by atoms with Gasteiger partial charge >= 0.3 is 5.69 Å². The number of benzene rings is 1. The zero-order valence-electron chi connectivity index (χ0n) is 13.9. The summed E-state index contributed by atoms with van der Waals surface area (Å²) in [5, 5.41) is 4.36. The quantitative estimate of drug-likeness (QED) is 0.860. The van der Waals surface area contributed by atoms with Crippen molar-refractivity contribution in [3.05, 3.63) is 52.0 Å². The standard InChI is InChI=1S/C17H21FN4O2/c1-3-22-15(19-20(2)17(22)24)12-8-10-21(11-9-12)16(23)13-4-6-14(18)7-5-13/h4-7,12H,3,8-11H2,1-2H3. The average Bonchev–Trinajstić information content (AvgIpc) is 2.89. The van der Waals surface area contributed by atoms with Crippen molar-refractivity contribution >= 4 is 5.91 Å². The van der Waals surface area contributed by atoms with Crippen LogP contribution in [-0.4, -0.2) is 38.2 Å². The van der Waals surface area contributed by atoms with Crippen LogP contribution in [0, 0.1) is 5.82 Å². The Bertz CT molecular complexity index is 786. The van der Waals surface area contributed by atoms with Gasteiger partial charge < -0.3 is 4.90 Å². The van der Waals surface area contributed by atoms with Gasteiger partial charge in [0.2, 0.25) is 0 Å². The molecular formula is C17H21FN4O2. The van der Waals surface area contributed by atoms with Gasteiger partial charge in [0.1, 0.15) is 11.6 Å². The van der Waals surface area contributed by atoms with Crippen LogP contribution in [0.15, 0.2) is 29.1 Å². The number of aromatic nitrogens is 3. The molecule has 0 spiro atoms. The van der Waals surface area contributed by atoms with Crippen molar-refractivity contribution in [1.29, 1.82) is 0 Å². The van der Waals surface area contributed by atoms with E-state index >= 15 is 0 Å². The maximum absolute atomic E-state index is 13.0. The molecule has 1 amide bonds. The van der Waals surface area contributed by atoms with Gasteiger partial charge in [-0.25, -0.2) is 13.9 Å². The second-order valence-electron chi connectivity index (χ2n) is 6.08. The molecule has 24 heavy (non-hydrogen) atoms. The summed E-state index contributed by atoms with van der Waals surface area (Å²) in [6.45, 7) is 3.74. The van der Waals surface area contributed by atoms with Gasteiger partial charge in [-0.2, -0.15) is 5.10 Å². The van der Waals surface area contributed by atoms with Gasteiger partial charge in [0, 0.05) is 38.2 Å². The van der Waals surface area contributed by atoms with Crippen LogP contribution in [0.25, 0.3) is 0 Å². The smallest absolute Gasteiger partial charge is 0.339 e. The van der Waals surface area contributed by atoms with Crippen molar-refractivity contribution in [2.24, 2.45) is 7.05 Å². The highest BCUT2D eigenvalue weighted by Crippen LogP contribution is 2.27. The third kappa shape index (κ3) is 2.98. The predicted octanol–water partition coefficient (Wildman–Crippen LogP) is 1.76. The Balaban J connectivity index is 1.70. The monoisotopic (exact) mass is 332 g/mol. The van der Waals surface area contributed by atoms with Crippen molar-refractivity contribution in [2.75, 3.05) is 13.1 Å². The van der Waals surface area contributed by atoms with Crippen LogP contribution in [0.4, 0.5) is 4.39 Å². The number of piperidine rings is 1. The third-order valence-corrected chi connectivity index (χ3v) is 4.59. The van der Waals surface area contributed by atoms with Gasteiger partial charge in [-0.05, 0) is 44.0 Å². The van der Waals surface area contributed by atoms with Gasteiger partial charge in [-0.15, -0.1) is 0 Å². The lowest BCUT2D eigenvalue weighted by Crippen LogP contribution is -2.38. The van der Waals surface area contributed by atoms with E-state index < -0.39 is 0 Å². The van der Waals surface area contributed by atoms with E-state index in [0.29, 0.717) is 25.2 Å². The van der Waals surface area contributed by atoms with Gasteiger partial charge in [0.25, 0.3) is 5.91 Å². The van der Waals surface area contributed by atoms with Crippen LogP contribution in [0.3, 0.4) is 0 Å². The van der Waals surface area contributed by atoms with E-state index in [0.717, 1.165) is 18.7 Å². The maximum Gasteiger partial charge on any atom is 0.345 e. The fraction of sp³-hybridized carbons (Fsp3) is 0.471. The molecule has 1 aromatic carbocycles. The maximum atomic E-state index is 13.0. The summed E-state index contributed by atoms with van der Waals surface area (Å²) in [7, 11) is 1.66. The highest BCUT2D eigenvalue weighted by atomic mass is 19.1. The lowest BCUT2D eigenvalue weighted by molar-refractivity contribution is 0.0710. The van der Waals surface area contributed by atoms with Crippen LogP contribution >= 0.6 is 0 Å². The summed E-state index contributed by atoms with van der Waals surface area (Å²) in [5.74, 6) is 0.551. The molecule has 0 unspecified atom stereocenters. The van der Waals surface area contributed by atoms with E-state index in [1.54, 1.807) is 16.5 Å². The molecule has 7 heteroatoms. The second-order valence-corrected chi connectivity index (χ2v) is 6.08. The average molecular weight is 332 g/mol. The highest BCUT2D eigenvalue weighted by molar-refractivity contribution is 5.94. The summed E-state index contributed by atoms with van der Waals surface area (Å²) in [4.78, 5) is 26.3. The molecule has 0 atom stereocenters. The number of amides is 1. The Morgan fingerprint density at radius 2 is 1.88 bits per heavy atom. The first-order valence-corrected chi connectivity index (χ1v) is 8.19. The normalized spacial score (nSPS) is 15.7. The summed E-state index contributed by atoms with van der Waals surface area (Å²) < 4.78 is 16.0. The van der Waals surface area contributed by atoms with E-state index in [1.165, 1.54) is 28.9 Å². The Hall–Kier alpha value is -2.44. The van der Waals surface area contributed by atoms with Crippen molar-refractivity contribution in [3.63, 3.8) is 0 Å². The summed E-state index contributed by atoms with van der Waals surface area (Å²) in [6.07, 6.45) is 1.53. The highest BCUT2D eigenvalue weighted by Gasteiger charge is 2.28. The number of hydrogen-bond acceptors (Lipinski definition) is 3. The molecule has 2 heterocycles. The van der Waals surface area contributed by atoms with E-state index in [1.807, 2.05) is 6.92 Å². The zero-order chi connectivity index (χ0) is 17.3. The van der Waals surface area contributed by atoms with E-state index in [9.17, 15) is 14.0 Å². The fourth-order valence-corrected chi connectivity index (χ4v) is 3.24. The van der Waals surface area contributed by atoms with Crippen LogP contribution < -0.4 is 5.69 Å². The SMILES string of the molecule is CCn1c(C2CCN(C(=O)c3ccc(F)cc3)CC2)nn(C)c1=O. The van der Waals surface area contributed by atoms with E-state index in [4.69, 9.17) is 0 Å². The number of aryl methyl sites for hydroxylation is 1. The first-order chi connectivity index (χ1) is 11.5. The van der Waals surface area contributed by atoms with E-state index in [2.05, 4.69) is 5.10 Å². The van der Waals surface area contributed by atoms with Gasteiger partial charge in [-0.3, -0.25) is 9.36 Å². The largest absolute Gasteiger partial charge is 0.345 e. The number of likely N-dealkylation sites (tertiary alicyclic amines) is 1. The number of nitrogens with zero attached hydrogens (tertiary/aromatic N) is 4. The molecule has 0 radical (unpaired) electrons. The zero-order valence-corrected chi connectivity index (χ0v) is 13.9. The molecule has 1 aromatic heterocycles. The van der Waals surface area contributed by atoms with Gasteiger partial charge in [0.05, 0.1) is 0 Å². The fourth-order valence-electron chi connectivity index (χ4n) is 3.24. The molecule has 6 nitrogen and oxygen atoms in total. The van der Waals surface area contributed by atoms with Crippen molar-refractivity contribution in [1.82, 2.24) is 19.2 Å². The van der Waals surface area contributed by atoms with Gasteiger partial charge in [0.15, 0.2) is 0 Å². The van der Waals surface area contributed by atoms with Crippen molar-refractivity contribution in [3.8, 4) is 0 Å². The molecule has 0 bridgehead atoms. The summed E-state index contributed by atoms with van der Waals surface area (Å²) >= 11 is 0. The van der Waals surface area contributed by atoms with Crippen molar-refractivity contribution < 1.29 is 9.18 Å². The summed E-state index contributed by atoms with van der Waals surface area (Å²) in [5.41, 5.74) is 0.399. The number of carbonyl (C=O) groups excluding carboxylic acids is 1. The van der Waals surface area contributed by atoms with E-state index in [-0.39, 0.29) is 23.3 Å². The molecule has 0 N–H and O–H groups in total. The topological polar surface area (TPSA) is 60.1 Å². The number of halogens is 1. The third-order valence-electron chi connectivity index (χ3n) is 4.59. The molecule has 1 aliphatic heterocycles. The molecule has 1 saturated heterocycles. The van der Waals surface area contributed by atoms with Gasteiger partial charge in [-0.1, -0.05) is 0 Å². The van der Waals surface area contributed by atoms with Crippen molar-refractivity contribution in [2.45, 2.75) is 32.2 Å². The Morgan fingerprint density at radius 3 is 2.46 bits per heavy atom. The Labute approximate surface area is 139 Å². The minimum Gasteiger partial charge on any atom is -0.339 e. The van der Waals surface area contributed by atoms with Crippen LogP contribution in [-0.2, 0) is 13.6 Å². The molecule has 0 aliphatic carbocycles. The molecular weight excluding hydrogens is 311 g/mol. The molecule has 1 aliphatic rings. The van der Waals surface area contributed by atoms with Crippen LogP contribution in [0.5, 0.6) is 0 Å². The molecule has 128 valence electrons. The minimum absolute atomic E-state index is 0.0812. The number of hydrogen-bond donors (Lipinski definition) is 0. The lowest BCUT2D eigenvalue weighted by Gasteiger charge is -2.31. The molecule has 2 aromatic rings. The molecule has 3 rings (SSSR count). The predicted molar refractivity (Wildman–Crippen MR) is 87.4 cm³/mol. The minimum atomic E-state index is -0.349.